The van der Waals surface area contributed by atoms with Gasteiger partial charge in [-0.15, -0.1) is 0 Å². The van der Waals surface area contributed by atoms with Crippen molar-refractivity contribution in [1.29, 1.82) is 0 Å². The SMILES string of the molecule is CCCCCCOC(=O)C1CCCN1C(=O)CCC1CCCC1. The molecule has 4 nitrogen and oxygen atoms in total. The van der Waals surface area contributed by atoms with Gasteiger partial charge >= 0.3 is 5.97 Å². The highest BCUT2D eigenvalue weighted by atomic mass is 16.5. The minimum absolute atomic E-state index is 0.155. The number of nitrogens with zero attached hydrogens (tertiary/aromatic N) is 1. The number of carbonyl (C=O) groups excluding carboxylic acids is 2. The first-order valence-electron chi connectivity index (χ1n) is 9.68. The Labute approximate surface area is 140 Å². The Morgan fingerprint density at radius 1 is 1.04 bits per heavy atom. The molecule has 1 heterocycles. The van der Waals surface area contributed by atoms with Crippen molar-refractivity contribution in [3.8, 4) is 0 Å². The summed E-state index contributed by atoms with van der Waals surface area (Å²) in [5.41, 5.74) is 0. The fourth-order valence-electron chi connectivity index (χ4n) is 3.88. The predicted molar refractivity (Wildman–Crippen MR) is 91.0 cm³/mol. The Morgan fingerprint density at radius 3 is 2.57 bits per heavy atom. The molecule has 23 heavy (non-hydrogen) atoms. The van der Waals surface area contributed by atoms with Gasteiger partial charge < -0.3 is 9.64 Å². The monoisotopic (exact) mass is 323 g/mol. The van der Waals surface area contributed by atoms with Gasteiger partial charge in [-0.2, -0.15) is 0 Å². The molecule has 1 atom stereocenters. The Balaban J connectivity index is 1.70. The third-order valence-corrected chi connectivity index (χ3v) is 5.33. The second-order valence-electron chi connectivity index (χ2n) is 7.16. The summed E-state index contributed by atoms with van der Waals surface area (Å²) in [4.78, 5) is 26.5. The summed E-state index contributed by atoms with van der Waals surface area (Å²) in [6, 6.07) is -0.322. The zero-order valence-corrected chi connectivity index (χ0v) is 14.7. The van der Waals surface area contributed by atoms with Crippen LogP contribution in [0, 0.1) is 5.92 Å². The average Bonchev–Trinajstić information content (AvgIpc) is 3.23. The van der Waals surface area contributed by atoms with E-state index in [0.717, 1.165) is 44.6 Å². The van der Waals surface area contributed by atoms with Crippen LogP contribution in [-0.2, 0) is 14.3 Å². The number of amides is 1. The van der Waals surface area contributed by atoms with Crippen LogP contribution in [0.25, 0.3) is 0 Å². The van der Waals surface area contributed by atoms with E-state index < -0.39 is 0 Å². The maximum Gasteiger partial charge on any atom is 0.328 e. The zero-order valence-electron chi connectivity index (χ0n) is 14.7. The van der Waals surface area contributed by atoms with Crippen LogP contribution in [0.15, 0.2) is 0 Å². The van der Waals surface area contributed by atoms with Crippen LogP contribution in [0.4, 0.5) is 0 Å². The van der Waals surface area contributed by atoms with E-state index in [9.17, 15) is 9.59 Å². The quantitative estimate of drug-likeness (QED) is 0.474. The first kappa shape index (κ1) is 18.3. The van der Waals surface area contributed by atoms with Crippen LogP contribution in [0.3, 0.4) is 0 Å². The first-order chi connectivity index (χ1) is 11.2. The van der Waals surface area contributed by atoms with Crippen molar-refractivity contribution in [3.05, 3.63) is 0 Å². The molecule has 0 aromatic carbocycles. The number of rotatable bonds is 9. The van der Waals surface area contributed by atoms with Crippen molar-refractivity contribution in [1.82, 2.24) is 4.90 Å². The first-order valence-corrected chi connectivity index (χ1v) is 9.68. The molecule has 132 valence electrons. The van der Waals surface area contributed by atoms with E-state index in [1.807, 2.05) is 0 Å². The molecule has 2 fully saturated rings. The van der Waals surface area contributed by atoms with E-state index in [0.29, 0.717) is 13.0 Å². The summed E-state index contributed by atoms with van der Waals surface area (Å²) in [6.07, 6.45) is 12.9. The number of hydrogen-bond acceptors (Lipinski definition) is 3. The van der Waals surface area contributed by atoms with Crippen LogP contribution in [0.1, 0.15) is 84.0 Å². The van der Waals surface area contributed by atoms with E-state index in [1.165, 1.54) is 38.5 Å². The second kappa shape index (κ2) is 9.94. The van der Waals surface area contributed by atoms with Gasteiger partial charge in [0.05, 0.1) is 6.61 Å². The molecular weight excluding hydrogens is 290 g/mol. The maximum atomic E-state index is 12.5. The number of esters is 1. The van der Waals surface area contributed by atoms with Gasteiger partial charge in [-0.05, 0) is 31.6 Å². The summed E-state index contributed by atoms with van der Waals surface area (Å²) in [7, 11) is 0. The lowest BCUT2D eigenvalue weighted by molar-refractivity contribution is -0.153. The minimum Gasteiger partial charge on any atom is -0.464 e. The Morgan fingerprint density at radius 2 is 1.83 bits per heavy atom. The lowest BCUT2D eigenvalue weighted by Crippen LogP contribution is -2.41. The maximum absolute atomic E-state index is 12.5. The number of hydrogen-bond donors (Lipinski definition) is 0. The van der Waals surface area contributed by atoms with Crippen molar-refractivity contribution in [3.63, 3.8) is 0 Å². The molecule has 1 saturated heterocycles. The van der Waals surface area contributed by atoms with Crippen LogP contribution in [0.2, 0.25) is 0 Å². The zero-order chi connectivity index (χ0) is 16.5. The molecule has 2 rings (SSSR count). The molecule has 1 unspecified atom stereocenters. The van der Waals surface area contributed by atoms with Gasteiger partial charge in [0.2, 0.25) is 5.91 Å². The standard InChI is InChI=1S/C19H33NO3/c1-2-3-4-7-15-23-19(22)17-11-8-14-20(17)18(21)13-12-16-9-5-6-10-16/h16-17H,2-15H2,1H3. The molecule has 0 bridgehead atoms. The highest BCUT2D eigenvalue weighted by molar-refractivity contribution is 5.85. The fourth-order valence-corrected chi connectivity index (χ4v) is 3.88. The third-order valence-electron chi connectivity index (χ3n) is 5.33. The second-order valence-corrected chi connectivity index (χ2v) is 7.16. The summed E-state index contributed by atoms with van der Waals surface area (Å²) in [5, 5.41) is 0. The third kappa shape index (κ3) is 5.82. The van der Waals surface area contributed by atoms with Gasteiger partial charge in [0, 0.05) is 13.0 Å². The molecule has 0 radical (unpaired) electrons. The molecule has 0 N–H and O–H groups in total. The fraction of sp³-hybridized carbons (Fsp3) is 0.895. The highest BCUT2D eigenvalue weighted by Crippen LogP contribution is 2.29. The average molecular weight is 323 g/mol. The van der Waals surface area contributed by atoms with Crippen molar-refractivity contribution in [2.45, 2.75) is 90.0 Å². The van der Waals surface area contributed by atoms with E-state index in [-0.39, 0.29) is 17.9 Å². The van der Waals surface area contributed by atoms with Crippen molar-refractivity contribution >= 4 is 11.9 Å². The van der Waals surface area contributed by atoms with Crippen LogP contribution < -0.4 is 0 Å². The number of likely N-dealkylation sites (tertiary alicyclic amines) is 1. The van der Waals surface area contributed by atoms with Crippen LogP contribution >= 0.6 is 0 Å². The minimum atomic E-state index is -0.322. The molecule has 0 spiro atoms. The molecule has 1 saturated carbocycles. The van der Waals surface area contributed by atoms with Crippen LogP contribution in [0.5, 0.6) is 0 Å². The number of unbranched alkanes of at least 4 members (excludes halogenated alkanes) is 3. The number of carbonyl (C=O) groups is 2. The Kier molecular flexibility index (Phi) is 7.90. The lowest BCUT2D eigenvalue weighted by Gasteiger charge is -2.24. The summed E-state index contributed by atoms with van der Waals surface area (Å²) in [6.45, 7) is 3.39. The van der Waals surface area contributed by atoms with Gasteiger partial charge in [-0.1, -0.05) is 51.9 Å². The summed E-state index contributed by atoms with van der Waals surface area (Å²) >= 11 is 0. The van der Waals surface area contributed by atoms with Gasteiger partial charge in [0.1, 0.15) is 6.04 Å². The van der Waals surface area contributed by atoms with Crippen LogP contribution in [-0.4, -0.2) is 36.0 Å². The normalized spacial score (nSPS) is 21.8. The van der Waals surface area contributed by atoms with E-state index in [4.69, 9.17) is 4.74 Å². The topological polar surface area (TPSA) is 46.6 Å². The molecular formula is C19H33NO3. The molecule has 1 aliphatic heterocycles. The Bertz CT molecular complexity index is 377. The Hall–Kier alpha value is -1.06. The van der Waals surface area contributed by atoms with Gasteiger partial charge in [0.15, 0.2) is 0 Å². The highest BCUT2D eigenvalue weighted by Gasteiger charge is 2.35. The predicted octanol–water partition coefficient (Wildman–Crippen LogP) is 4.07. The van der Waals surface area contributed by atoms with Gasteiger partial charge in [-0.25, -0.2) is 4.79 Å². The van der Waals surface area contributed by atoms with Crippen molar-refractivity contribution < 1.29 is 14.3 Å². The molecule has 1 aliphatic carbocycles. The molecule has 2 aliphatic rings. The molecule has 0 aromatic heterocycles. The lowest BCUT2D eigenvalue weighted by atomic mass is 10.0. The molecule has 1 amide bonds. The van der Waals surface area contributed by atoms with Crippen molar-refractivity contribution in [2.75, 3.05) is 13.2 Å². The summed E-state index contributed by atoms with van der Waals surface area (Å²) in [5.74, 6) is 0.695. The summed E-state index contributed by atoms with van der Waals surface area (Å²) < 4.78 is 5.40. The number of ether oxygens (including phenoxy) is 1. The smallest absolute Gasteiger partial charge is 0.328 e. The van der Waals surface area contributed by atoms with E-state index in [2.05, 4.69) is 6.92 Å². The van der Waals surface area contributed by atoms with Gasteiger partial charge in [-0.3, -0.25) is 4.79 Å². The largest absolute Gasteiger partial charge is 0.464 e. The van der Waals surface area contributed by atoms with E-state index in [1.54, 1.807) is 4.90 Å². The van der Waals surface area contributed by atoms with Gasteiger partial charge in [0.25, 0.3) is 0 Å². The van der Waals surface area contributed by atoms with E-state index >= 15 is 0 Å². The molecule has 0 aromatic rings. The molecule has 4 heteroatoms. The van der Waals surface area contributed by atoms with Crippen molar-refractivity contribution in [2.24, 2.45) is 5.92 Å².